The van der Waals surface area contributed by atoms with Crippen molar-refractivity contribution in [3.8, 4) is 0 Å². The summed E-state index contributed by atoms with van der Waals surface area (Å²) >= 11 is 0. The average Bonchev–Trinajstić information content (AvgIpc) is 3.37. The Hall–Kier alpha value is -2.63. The lowest BCUT2D eigenvalue weighted by Crippen LogP contribution is -2.55. The second-order valence-electron chi connectivity index (χ2n) is 7.32. The van der Waals surface area contributed by atoms with E-state index in [-0.39, 0.29) is 32.2 Å². The van der Waals surface area contributed by atoms with Crippen LogP contribution in [0.25, 0.3) is 0 Å². The lowest BCUT2D eigenvalue weighted by atomic mass is 9.96. The van der Waals surface area contributed by atoms with Gasteiger partial charge in [0, 0.05) is 51.7 Å². The standard InChI is InChI=1S/C17H22F3N5O4/c1-23-5-4-21-15(23)16(29,17(18,19)20)10-12(26)24-6-8-25(9-7-24)14(28)13(27)22-11-2-3-11/h4-5,11,29H,2-3,6-10H2,1H3,(H,22,27). The van der Waals surface area contributed by atoms with Crippen LogP contribution >= 0.6 is 0 Å². The lowest BCUT2D eigenvalue weighted by molar-refractivity contribution is -0.272. The molecule has 9 nitrogen and oxygen atoms in total. The molecule has 1 aliphatic carbocycles. The van der Waals surface area contributed by atoms with E-state index in [2.05, 4.69) is 10.3 Å². The summed E-state index contributed by atoms with van der Waals surface area (Å²) in [5.74, 6) is -3.02. The van der Waals surface area contributed by atoms with Crippen LogP contribution in [0.5, 0.6) is 0 Å². The fourth-order valence-corrected chi connectivity index (χ4v) is 3.18. The number of carbonyl (C=O) groups is 3. The number of aryl methyl sites for hydroxylation is 1. The van der Waals surface area contributed by atoms with Crippen molar-refractivity contribution in [3.05, 3.63) is 18.2 Å². The van der Waals surface area contributed by atoms with Crippen LogP contribution in [-0.2, 0) is 27.0 Å². The Morgan fingerprint density at radius 1 is 1.17 bits per heavy atom. The van der Waals surface area contributed by atoms with Crippen LogP contribution in [0.2, 0.25) is 0 Å². The molecular weight excluding hydrogens is 395 g/mol. The molecule has 3 rings (SSSR count). The average molecular weight is 417 g/mol. The molecule has 1 aliphatic heterocycles. The van der Waals surface area contributed by atoms with Gasteiger partial charge < -0.3 is 24.8 Å². The fraction of sp³-hybridized carbons (Fsp3) is 0.647. The van der Waals surface area contributed by atoms with E-state index >= 15 is 0 Å². The maximum atomic E-state index is 13.6. The second kappa shape index (κ2) is 7.65. The Labute approximate surface area is 164 Å². The van der Waals surface area contributed by atoms with E-state index < -0.39 is 41.7 Å². The molecule has 2 heterocycles. The van der Waals surface area contributed by atoms with Gasteiger partial charge in [0.15, 0.2) is 5.82 Å². The molecule has 2 aliphatic rings. The zero-order valence-corrected chi connectivity index (χ0v) is 15.8. The van der Waals surface area contributed by atoms with Gasteiger partial charge in [0.2, 0.25) is 11.5 Å². The first-order valence-corrected chi connectivity index (χ1v) is 9.17. The smallest absolute Gasteiger partial charge is 0.374 e. The van der Waals surface area contributed by atoms with E-state index in [9.17, 15) is 32.7 Å². The number of hydrogen-bond acceptors (Lipinski definition) is 5. The molecule has 0 bridgehead atoms. The molecule has 0 radical (unpaired) electrons. The summed E-state index contributed by atoms with van der Waals surface area (Å²) in [6.07, 6.45) is -2.32. The highest BCUT2D eigenvalue weighted by atomic mass is 19.4. The number of aromatic nitrogens is 2. The van der Waals surface area contributed by atoms with Crippen molar-refractivity contribution in [3.63, 3.8) is 0 Å². The van der Waals surface area contributed by atoms with Gasteiger partial charge in [0.05, 0.1) is 6.42 Å². The summed E-state index contributed by atoms with van der Waals surface area (Å²) in [6, 6.07) is 0.0282. The highest BCUT2D eigenvalue weighted by Crippen LogP contribution is 2.41. The van der Waals surface area contributed by atoms with Crippen LogP contribution in [-0.4, -0.2) is 80.6 Å². The van der Waals surface area contributed by atoms with Crippen LogP contribution < -0.4 is 5.32 Å². The Morgan fingerprint density at radius 2 is 1.76 bits per heavy atom. The Kier molecular flexibility index (Phi) is 5.57. The molecule has 2 fully saturated rings. The molecule has 2 N–H and O–H groups in total. The maximum absolute atomic E-state index is 13.6. The number of piperazine rings is 1. The van der Waals surface area contributed by atoms with E-state index in [1.165, 1.54) is 18.1 Å². The van der Waals surface area contributed by atoms with Gasteiger partial charge in [-0.1, -0.05) is 0 Å². The van der Waals surface area contributed by atoms with Gasteiger partial charge in [0.1, 0.15) is 0 Å². The third-order valence-corrected chi connectivity index (χ3v) is 5.09. The minimum atomic E-state index is -5.11. The molecule has 3 amide bonds. The molecule has 29 heavy (non-hydrogen) atoms. The summed E-state index contributed by atoms with van der Waals surface area (Å²) < 4.78 is 41.7. The highest BCUT2D eigenvalue weighted by Gasteiger charge is 2.59. The number of carbonyl (C=O) groups excluding carboxylic acids is 3. The quantitative estimate of drug-likeness (QED) is 0.643. The van der Waals surface area contributed by atoms with Crippen molar-refractivity contribution < 1.29 is 32.7 Å². The van der Waals surface area contributed by atoms with Crippen molar-refractivity contribution in [1.82, 2.24) is 24.7 Å². The largest absolute Gasteiger partial charge is 0.425 e. The predicted octanol–water partition coefficient (Wildman–Crippen LogP) is -0.490. The van der Waals surface area contributed by atoms with Crippen molar-refractivity contribution in [2.45, 2.75) is 37.1 Å². The van der Waals surface area contributed by atoms with Gasteiger partial charge in [0.25, 0.3) is 0 Å². The molecular formula is C17H22F3N5O4. The Bertz CT molecular complexity index is 799. The van der Waals surface area contributed by atoms with Gasteiger partial charge in [-0.3, -0.25) is 14.4 Å². The van der Waals surface area contributed by atoms with Crippen molar-refractivity contribution in [2.24, 2.45) is 7.05 Å². The molecule has 0 aromatic carbocycles. The van der Waals surface area contributed by atoms with E-state index in [0.29, 0.717) is 0 Å². The Balaban J connectivity index is 1.61. The second-order valence-corrected chi connectivity index (χ2v) is 7.32. The molecule has 1 atom stereocenters. The summed E-state index contributed by atoms with van der Waals surface area (Å²) in [4.78, 5) is 42.4. The van der Waals surface area contributed by atoms with Crippen molar-refractivity contribution in [1.29, 1.82) is 0 Å². The number of alkyl halides is 3. The fourth-order valence-electron chi connectivity index (χ4n) is 3.18. The van der Waals surface area contributed by atoms with E-state index in [4.69, 9.17) is 0 Å². The minimum Gasteiger partial charge on any atom is -0.374 e. The Morgan fingerprint density at radius 3 is 2.24 bits per heavy atom. The number of halogens is 3. The van der Waals surface area contributed by atoms with Gasteiger partial charge >= 0.3 is 18.0 Å². The monoisotopic (exact) mass is 417 g/mol. The third-order valence-electron chi connectivity index (χ3n) is 5.09. The van der Waals surface area contributed by atoms with Crippen LogP contribution in [0.15, 0.2) is 12.4 Å². The van der Waals surface area contributed by atoms with E-state index in [1.807, 2.05) is 0 Å². The number of aliphatic hydroxyl groups is 1. The number of nitrogens with zero attached hydrogens (tertiary/aromatic N) is 4. The SMILES string of the molecule is Cn1ccnc1C(O)(CC(=O)N1CCN(C(=O)C(=O)NC2CC2)CC1)C(F)(F)F. The van der Waals surface area contributed by atoms with Gasteiger partial charge in [-0.2, -0.15) is 13.2 Å². The van der Waals surface area contributed by atoms with Crippen LogP contribution in [0.4, 0.5) is 13.2 Å². The summed E-state index contributed by atoms with van der Waals surface area (Å²) in [5.41, 5.74) is -3.43. The van der Waals surface area contributed by atoms with Crippen molar-refractivity contribution >= 4 is 17.7 Å². The first kappa shape index (κ1) is 21.1. The molecule has 1 aromatic rings. The molecule has 1 saturated heterocycles. The van der Waals surface area contributed by atoms with Crippen LogP contribution in [0.1, 0.15) is 25.1 Å². The minimum absolute atomic E-state index is 0.0233. The normalized spacial score (nSPS) is 19.6. The molecule has 1 aromatic heterocycles. The van der Waals surface area contributed by atoms with Gasteiger partial charge in [-0.05, 0) is 12.8 Å². The molecule has 0 spiro atoms. The van der Waals surface area contributed by atoms with Crippen LogP contribution in [0, 0.1) is 0 Å². The number of rotatable bonds is 4. The lowest BCUT2D eigenvalue weighted by Gasteiger charge is -2.36. The predicted molar refractivity (Wildman–Crippen MR) is 92.1 cm³/mol. The maximum Gasteiger partial charge on any atom is 0.425 e. The summed E-state index contributed by atoms with van der Waals surface area (Å²) in [6.45, 7) is -0.0173. The number of nitrogens with one attached hydrogen (secondary N) is 1. The number of imidazole rings is 1. The number of hydrogen-bond donors (Lipinski definition) is 2. The first-order valence-electron chi connectivity index (χ1n) is 9.17. The highest BCUT2D eigenvalue weighted by molar-refractivity contribution is 6.35. The summed E-state index contributed by atoms with van der Waals surface area (Å²) in [5, 5.41) is 12.9. The van der Waals surface area contributed by atoms with Gasteiger partial charge in [-0.25, -0.2) is 4.98 Å². The molecule has 12 heteroatoms. The van der Waals surface area contributed by atoms with Gasteiger partial charge in [-0.15, -0.1) is 0 Å². The van der Waals surface area contributed by atoms with E-state index in [0.717, 1.165) is 28.5 Å². The zero-order valence-electron chi connectivity index (χ0n) is 15.8. The molecule has 160 valence electrons. The number of amides is 3. The van der Waals surface area contributed by atoms with E-state index in [1.54, 1.807) is 0 Å². The first-order chi connectivity index (χ1) is 13.5. The van der Waals surface area contributed by atoms with Crippen LogP contribution in [0.3, 0.4) is 0 Å². The molecule has 1 saturated carbocycles. The van der Waals surface area contributed by atoms with Crippen molar-refractivity contribution in [2.75, 3.05) is 26.2 Å². The zero-order chi connectivity index (χ0) is 21.4. The molecule has 1 unspecified atom stereocenters. The third kappa shape index (κ3) is 4.36. The summed E-state index contributed by atoms with van der Waals surface area (Å²) in [7, 11) is 1.29. The topological polar surface area (TPSA) is 108 Å².